The van der Waals surface area contributed by atoms with Crippen LogP contribution in [0, 0.1) is 5.92 Å². The van der Waals surface area contributed by atoms with Gasteiger partial charge in [0.2, 0.25) is 5.91 Å². The number of carbonyl (C=O) groups is 1. The number of carbonyl (C=O) groups excluding carboxylic acids is 1. The Labute approximate surface area is 163 Å². The van der Waals surface area contributed by atoms with E-state index in [4.69, 9.17) is 4.74 Å². The Hall–Kier alpha value is -3.42. The summed E-state index contributed by atoms with van der Waals surface area (Å²) in [7, 11) is 1.65. The summed E-state index contributed by atoms with van der Waals surface area (Å²) in [6, 6.07) is 11.6. The Morgan fingerprint density at radius 1 is 1.21 bits per heavy atom. The highest BCUT2D eigenvalue weighted by Gasteiger charge is 2.33. The zero-order valence-electron chi connectivity index (χ0n) is 15.7. The summed E-state index contributed by atoms with van der Waals surface area (Å²) >= 11 is 0. The zero-order valence-corrected chi connectivity index (χ0v) is 15.7. The summed E-state index contributed by atoms with van der Waals surface area (Å²) in [6.07, 6.45) is 5.84. The molecule has 1 N–H and O–H groups in total. The summed E-state index contributed by atoms with van der Waals surface area (Å²) in [4.78, 5) is 23.0. The van der Waals surface area contributed by atoms with Crippen LogP contribution in [0.25, 0.3) is 5.82 Å². The number of methoxy groups -OCH3 is 1. The number of aromatic nitrogens is 4. The largest absolute Gasteiger partial charge is 0.497 e. The first kappa shape index (κ1) is 18.0. The lowest BCUT2D eigenvalue weighted by Crippen LogP contribution is -2.54. The van der Waals surface area contributed by atoms with Crippen LogP contribution in [0.15, 0.2) is 55.1 Å². The molecule has 0 aliphatic carbocycles. The van der Waals surface area contributed by atoms with E-state index in [0.29, 0.717) is 25.5 Å². The van der Waals surface area contributed by atoms with Crippen LogP contribution in [0.2, 0.25) is 0 Å². The predicted molar refractivity (Wildman–Crippen MR) is 105 cm³/mol. The molecule has 0 saturated carbocycles. The lowest BCUT2D eigenvalue weighted by molar-refractivity contribution is -0.125. The van der Waals surface area contributed by atoms with Gasteiger partial charge in [-0.1, -0.05) is 12.1 Å². The second-order valence-corrected chi connectivity index (χ2v) is 6.68. The van der Waals surface area contributed by atoms with Crippen LogP contribution >= 0.6 is 0 Å². The third-order valence-corrected chi connectivity index (χ3v) is 4.80. The van der Waals surface area contributed by atoms with Gasteiger partial charge < -0.3 is 15.0 Å². The predicted octanol–water partition coefficient (Wildman–Crippen LogP) is 1.47. The van der Waals surface area contributed by atoms with Gasteiger partial charge in [-0.2, -0.15) is 5.10 Å². The van der Waals surface area contributed by atoms with E-state index in [9.17, 15) is 4.79 Å². The second kappa shape index (κ2) is 8.08. The van der Waals surface area contributed by atoms with Crippen molar-refractivity contribution in [2.45, 2.75) is 6.42 Å². The van der Waals surface area contributed by atoms with Crippen LogP contribution < -0.4 is 15.0 Å². The molecule has 8 heteroatoms. The molecule has 2 aromatic heterocycles. The van der Waals surface area contributed by atoms with Gasteiger partial charge in [0.05, 0.1) is 13.0 Å². The van der Waals surface area contributed by atoms with E-state index < -0.39 is 0 Å². The summed E-state index contributed by atoms with van der Waals surface area (Å²) < 4.78 is 6.91. The standard InChI is InChI=1S/C20H22N6O2/c1-28-17-5-2-4-15(10-17)6-8-21-20(27)16-12-25(13-16)18-11-19(23-14-22-18)26-9-3-7-24-26/h2-5,7,9-11,14,16H,6,8,12-13H2,1H3,(H,21,27). The SMILES string of the molecule is COc1cccc(CCNC(=O)C2CN(c3cc(-n4cccn4)ncn3)C2)c1. The Morgan fingerprint density at radius 2 is 2.07 bits per heavy atom. The van der Waals surface area contributed by atoms with Crippen molar-refractivity contribution in [1.82, 2.24) is 25.1 Å². The smallest absolute Gasteiger partial charge is 0.226 e. The van der Waals surface area contributed by atoms with Crippen molar-refractivity contribution in [3.63, 3.8) is 0 Å². The molecular weight excluding hydrogens is 356 g/mol. The molecule has 0 radical (unpaired) electrons. The fraction of sp³-hybridized carbons (Fsp3) is 0.300. The highest BCUT2D eigenvalue weighted by Crippen LogP contribution is 2.23. The van der Waals surface area contributed by atoms with Gasteiger partial charge in [-0.15, -0.1) is 0 Å². The minimum absolute atomic E-state index is 0.0200. The van der Waals surface area contributed by atoms with E-state index in [0.717, 1.165) is 23.6 Å². The minimum atomic E-state index is -0.0200. The number of nitrogens with zero attached hydrogens (tertiary/aromatic N) is 5. The maximum atomic E-state index is 12.4. The molecule has 1 aliphatic heterocycles. The van der Waals surface area contributed by atoms with Crippen molar-refractivity contribution in [2.24, 2.45) is 5.92 Å². The van der Waals surface area contributed by atoms with Gasteiger partial charge in [-0.05, 0) is 30.2 Å². The molecule has 3 heterocycles. The molecule has 1 saturated heterocycles. The number of hydrogen-bond donors (Lipinski definition) is 1. The average molecular weight is 378 g/mol. The summed E-state index contributed by atoms with van der Waals surface area (Å²) in [6.45, 7) is 1.92. The van der Waals surface area contributed by atoms with Crippen LogP contribution in [-0.4, -0.2) is 52.4 Å². The fourth-order valence-corrected chi connectivity index (χ4v) is 3.17. The highest BCUT2D eigenvalue weighted by atomic mass is 16.5. The Morgan fingerprint density at radius 3 is 2.86 bits per heavy atom. The molecule has 28 heavy (non-hydrogen) atoms. The van der Waals surface area contributed by atoms with Crippen LogP contribution in [0.4, 0.5) is 5.82 Å². The van der Waals surface area contributed by atoms with Gasteiger partial charge in [0.1, 0.15) is 17.9 Å². The fourth-order valence-electron chi connectivity index (χ4n) is 3.17. The van der Waals surface area contributed by atoms with E-state index in [-0.39, 0.29) is 11.8 Å². The molecule has 8 nitrogen and oxygen atoms in total. The van der Waals surface area contributed by atoms with Gasteiger partial charge in [0, 0.05) is 38.1 Å². The topological polar surface area (TPSA) is 85.2 Å². The monoisotopic (exact) mass is 378 g/mol. The minimum Gasteiger partial charge on any atom is -0.497 e. The molecule has 3 aromatic rings. The van der Waals surface area contributed by atoms with Crippen molar-refractivity contribution in [3.8, 4) is 11.6 Å². The molecule has 1 amide bonds. The molecule has 1 aliphatic rings. The lowest BCUT2D eigenvalue weighted by Gasteiger charge is -2.39. The maximum Gasteiger partial charge on any atom is 0.226 e. The quantitative estimate of drug-likeness (QED) is 0.670. The van der Waals surface area contributed by atoms with Gasteiger partial charge in [-0.25, -0.2) is 14.6 Å². The van der Waals surface area contributed by atoms with E-state index in [1.165, 1.54) is 6.33 Å². The normalized spacial score (nSPS) is 13.8. The van der Waals surface area contributed by atoms with Crippen molar-refractivity contribution in [2.75, 3.05) is 31.6 Å². The number of nitrogens with one attached hydrogen (secondary N) is 1. The molecule has 144 valence electrons. The molecule has 4 rings (SSSR count). The van der Waals surface area contributed by atoms with E-state index >= 15 is 0 Å². The number of benzene rings is 1. The van der Waals surface area contributed by atoms with Gasteiger partial charge in [0.15, 0.2) is 5.82 Å². The van der Waals surface area contributed by atoms with Crippen molar-refractivity contribution in [3.05, 3.63) is 60.7 Å². The van der Waals surface area contributed by atoms with E-state index in [1.807, 2.05) is 42.6 Å². The summed E-state index contributed by atoms with van der Waals surface area (Å²) in [5.74, 6) is 2.41. The highest BCUT2D eigenvalue weighted by molar-refractivity contribution is 5.81. The molecule has 0 spiro atoms. The Bertz CT molecular complexity index is 937. The molecule has 1 fully saturated rings. The first-order valence-corrected chi connectivity index (χ1v) is 9.20. The third kappa shape index (κ3) is 3.95. The van der Waals surface area contributed by atoms with E-state index in [2.05, 4.69) is 25.3 Å². The van der Waals surface area contributed by atoms with Crippen LogP contribution in [0.1, 0.15) is 5.56 Å². The number of anilines is 1. The van der Waals surface area contributed by atoms with Crippen LogP contribution in [0.3, 0.4) is 0 Å². The van der Waals surface area contributed by atoms with Crippen molar-refractivity contribution < 1.29 is 9.53 Å². The van der Waals surface area contributed by atoms with Crippen LogP contribution in [0.5, 0.6) is 5.75 Å². The number of hydrogen-bond acceptors (Lipinski definition) is 6. The van der Waals surface area contributed by atoms with Crippen LogP contribution in [-0.2, 0) is 11.2 Å². The van der Waals surface area contributed by atoms with Crippen molar-refractivity contribution in [1.29, 1.82) is 0 Å². The zero-order chi connectivity index (χ0) is 19.3. The molecule has 0 atom stereocenters. The number of ether oxygens (including phenoxy) is 1. The van der Waals surface area contributed by atoms with Gasteiger partial charge >= 0.3 is 0 Å². The first-order chi connectivity index (χ1) is 13.7. The van der Waals surface area contributed by atoms with Gasteiger partial charge in [-0.3, -0.25) is 4.79 Å². The molecule has 0 unspecified atom stereocenters. The summed E-state index contributed by atoms with van der Waals surface area (Å²) in [5.41, 5.74) is 1.14. The summed E-state index contributed by atoms with van der Waals surface area (Å²) in [5, 5.41) is 7.20. The Kier molecular flexibility index (Phi) is 5.18. The number of amides is 1. The van der Waals surface area contributed by atoms with Crippen molar-refractivity contribution >= 4 is 11.7 Å². The van der Waals surface area contributed by atoms with E-state index in [1.54, 1.807) is 18.0 Å². The Balaban J connectivity index is 1.26. The second-order valence-electron chi connectivity index (χ2n) is 6.68. The lowest BCUT2D eigenvalue weighted by atomic mass is 9.99. The average Bonchev–Trinajstić information content (AvgIpc) is 3.22. The first-order valence-electron chi connectivity index (χ1n) is 9.20. The molecule has 0 bridgehead atoms. The molecular formula is C20H22N6O2. The maximum absolute atomic E-state index is 12.4. The third-order valence-electron chi connectivity index (χ3n) is 4.80. The van der Waals surface area contributed by atoms with Gasteiger partial charge in [0.25, 0.3) is 0 Å². The number of rotatable bonds is 7. The molecule has 1 aromatic carbocycles.